The van der Waals surface area contributed by atoms with Crippen molar-refractivity contribution in [2.75, 3.05) is 18.5 Å². The Bertz CT molecular complexity index is 649. The van der Waals surface area contributed by atoms with Gasteiger partial charge in [-0.25, -0.2) is 4.79 Å². The summed E-state index contributed by atoms with van der Waals surface area (Å²) in [6.45, 7) is 4.75. The molecule has 0 aliphatic rings. The SMILES string of the molecule is CCCC(CCO)CNC(=O)Nc1ccc(-c2nnc(CC)o2)cc1. The third-order valence-corrected chi connectivity index (χ3v) is 3.94. The number of rotatable bonds is 9. The fraction of sp³-hybridized carbons (Fsp3) is 0.500. The highest BCUT2D eigenvalue weighted by Crippen LogP contribution is 2.20. The van der Waals surface area contributed by atoms with Crippen LogP contribution in [0.25, 0.3) is 11.5 Å². The molecule has 7 nitrogen and oxygen atoms in total. The number of nitrogens with one attached hydrogen (secondary N) is 2. The van der Waals surface area contributed by atoms with Crippen molar-refractivity contribution in [1.82, 2.24) is 15.5 Å². The summed E-state index contributed by atoms with van der Waals surface area (Å²) in [7, 11) is 0. The van der Waals surface area contributed by atoms with E-state index < -0.39 is 0 Å². The number of aliphatic hydroxyl groups excluding tert-OH is 1. The highest BCUT2D eigenvalue weighted by molar-refractivity contribution is 5.89. The fourth-order valence-electron chi connectivity index (χ4n) is 2.56. The Kier molecular flexibility index (Phi) is 7.40. The molecule has 1 atom stereocenters. The van der Waals surface area contributed by atoms with Gasteiger partial charge in [0.05, 0.1) is 0 Å². The van der Waals surface area contributed by atoms with Crippen LogP contribution >= 0.6 is 0 Å². The van der Waals surface area contributed by atoms with Crippen molar-refractivity contribution in [2.24, 2.45) is 5.92 Å². The number of carbonyl (C=O) groups is 1. The van der Waals surface area contributed by atoms with Crippen molar-refractivity contribution in [3.63, 3.8) is 0 Å². The summed E-state index contributed by atoms with van der Waals surface area (Å²) < 4.78 is 5.51. The number of aliphatic hydroxyl groups is 1. The Morgan fingerprint density at radius 2 is 1.96 bits per heavy atom. The maximum absolute atomic E-state index is 12.0. The van der Waals surface area contributed by atoms with E-state index >= 15 is 0 Å². The molecule has 0 aliphatic heterocycles. The van der Waals surface area contributed by atoms with Gasteiger partial charge in [0.15, 0.2) is 0 Å². The molecule has 2 aromatic rings. The molecule has 0 aliphatic carbocycles. The van der Waals surface area contributed by atoms with Crippen LogP contribution in [0.3, 0.4) is 0 Å². The van der Waals surface area contributed by atoms with E-state index in [2.05, 4.69) is 27.8 Å². The second kappa shape index (κ2) is 9.78. The van der Waals surface area contributed by atoms with Gasteiger partial charge in [0.1, 0.15) is 0 Å². The number of hydrogen-bond acceptors (Lipinski definition) is 5. The van der Waals surface area contributed by atoms with E-state index in [1.165, 1.54) is 0 Å². The summed E-state index contributed by atoms with van der Waals surface area (Å²) in [6.07, 6.45) is 3.42. The number of urea groups is 1. The Morgan fingerprint density at radius 3 is 2.56 bits per heavy atom. The van der Waals surface area contributed by atoms with Gasteiger partial charge < -0.3 is 20.2 Å². The minimum Gasteiger partial charge on any atom is -0.421 e. The van der Waals surface area contributed by atoms with E-state index in [4.69, 9.17) is 9.52 Å². The molecule has 1 unspecified atom stereocenters. The Balaban J connectivity index is 1.86. The van der Waals surface area contributed by atoms with Crippen molar-refractivity contribution in [3.05, 3.63) is 30.2 Å². The van der Waals surface area contributed by atoms with Crippen molar-refractivity contribution >= 4 is 11.7 Å². The predicted molar refractivity (Wildman–Crippen MR) is 96.2 cm³/mol. The largest absolute Gasteiger partial charge is 0.421 e. The summed E-state index contributed by atoms with van der Waals surface area (Å²) in [4.78, 5) is 12.0. The first kappa shape index (κ1) is 18.9. The second-order valence-electron chi connectivity index (χ2n) is 5.93. The van der Waals surface area contributed by atoms with Gasteiger partial charge in [-0.1, -0.05) is 20.3 Å². The number of amides is 2. The summed E-state index contributed by atoms with van der Waals surface area (Å²) in [5.74, 6) is 1.37. The molecule has 1 heterocycles. The highest BCUT2D eigenvalue weighted by atomic mass is 16.4. The fourth-order valence-corrected chi connectivity index (χ4v) is 2.56. The maximum Gasteiger partial charge on any atom is 0.319 e. The average Bonchev–Trinajstić information content (AvgIpc) is 3.10. The van der Waals surface area contributed by atoms with E-state index in [1.54, 1.807) is 12.1 Å². The quantitative estimate of drug-likeness (QED) is 0.647. The summed E-state index contributed by atoms with van der Waals surface area (Å²) >= 11 is 0. The zero-order valence-corrected chi connectivity index (χ0v) is 14.8. The van der Waals surface area contributed by atoms with Crippen molar-refractivity contribution in [2.45, 2.75) is 39.5 Å². The maximum atomic E-state index is 12.0. The number of aryl methyl sites for hydroxylation is 1. The minimum atomic E-state index is -0.252. The van der Waals surface area contributed by atoms with Gasteiger partial charge in [0, 0.05) is 30.8 Å². The normalized spacial score (nSPS) is 12.0. The number of benzene rings is 1. The molecule has 0 saturated heterocycles. The van der Waals surface area contributed by atoms with Crippen LogP contribution in [0.5, 0.6) is 0 Å². The predicted octanol–water partition coefficient (Wildman–Crippen LogP) is 3.22. The molecule has 0 radical (unpaired) electrons. The van der Waals surface area contributed by atoms with E-state index in [-0.39, 0.29) is 12.6 Å². The molecular weight excluding hydrogens is 320 g/mol. The van der Waals surface area contributed by atoms with Gasteiger partial charge in [0.2, 0.25) is 11.8 Å². The first-order valence-electron chi connectivity index (χ1n) is 8.74. The lowest BCUT2D eigenvalue weighted by Crippen LogP contribution is -2.33. The topological polar surface area (TPSA) is 100 Å². The lowest BCUT2D eigenvalue weighted by molar-refractivity contribution is 0.237. The van der Waals surface area contributed by atoms with Crippen molar-refractivity contribution < 1.29 is 14.3 Å². The molecule has 25 heavy (non-hydrogen) atoms. The molecule has 2 amide bonds. The molecule has 3 N–H and O–H groups in total. The van der Waals surface area contributed by atoms with Gasteiger partial charge in [-0.05, 0) is 43.0 Å². The second-order valence-corrected chi connectivity index (χ2v) is 5.93. The monoisotopic (exact) mass is 346 g/mol. The van der Waals surface area contributed by atoms with Gasteiger partial charge in [0.25, 0.3) is 0 Å². The smallest absolute Gasteiger partial charge is 0.319 e. The molecule has 0 bridgehead atoms. The van der Waals surface area contributed by atoms with Crippen LogP contribution in [0.1, 0.15) is 39.0 Å². The van der Waals surface area contributed by atoms with Crippen LogP contribution in [-0.4, -0.2) is 34.5 Å². The van der Waals surface area contributed by atoms with Crippen LogP contribution in [0.15, 0.2) is 28.7 Å². The third-order valence-electron chi connectivity index (χ3n) is 3.94. The molecule has 1 aromatic carbocycles. The van der Waals surface area contributed by atoms with E-state index in [9.17, 15) is 4.79 Å². The van der Waals surface area contributed by atoms with Crippen LogP contribution in [-0.2, 0) is 6.42 Å². The van der Waals surface area contributed by atoms with E-state index in [0.29, 0.717) is 42.8 Å². The first-order valence-corrected chi connectivity index (χ1v) is 8.74. The van der Waals surface area contributed by atoms with Gasteiger partial charge in [-0.2, -0.15) is 0 Å². The Labute approximate surface area is 147 Å². The van der Waals surface area contributed by atoms with Gasteiger partial charge >= 0.3 is 6.03 Å². The molecule has 0 saturated carbocycles. The van der Waals surface area contributed by atoms with Gasteiger partial charge in [-0.15, -0.1) is 10.2 Å². The molecule has 0 fully saturated rings. The standard InChI is InChI=1S/C18H26N4O3/c1-3-5-13(10-11-23)12-19-18(24)20-15-8-6-14(7-9-15)17-22-21-16(4-2)25-17/h6-9,13,23H,3-5,10-12H2,1-2H3,(H2,19,20,24). The average molecular weight is 346 g/mol. The molecule has 7 heteroatoms. The van der Waals surface area contributed by atoms with Gasteiger partial charge in [-0.3, -0.25) is 0 Å². The number of anilines is 1. The Hall–Kier alpha value is -2.41. The van der Waals surface area contributed by atoms with Crippen LogP contribution in [0, 0.1) is 5.92 Å². The Morgan fingerprint density at radius 1 is 1.20 bits per heavy atom. The number of hydrogen-bond donors (Lipinski definition) is 3. The zero-order valence-electron chi connectivity index (χ0n) is 14.8. The first-order chi connectivity index (χ1) is 12.2. The lowest BCUT2D eigenvalue weighted by atomic mass is 10.0. The molecular formula is C18H26N4O3. The van der Waals surface area contributed by atoms with Crippen LogP contribution in [0.2, 0.25) is 0 Å². The van der Waals surface area contributed by atoms with E-state index in [1.807, 2.05) is 19.1 Å². The van der Waals surface area contributed by atoms with Crippen molar-refractivity contribution in [1.29, 1.82) is 0 Å². The summed E-state index contributed by atoms with van der Waals surface area (Å²) in [5.41, 5.74) is 1.50. The number of aromatic nitrogens is 2. The summed E-state index contributed by atoms with van der Waals surface area (Å²) in [6, 6.07) is 6.99. The lowest BCUT2D eigenvalue weighted by Gasteiger charge is -2.16. The number of carbonyl (C=O) groups excluding carboxylic acids is 1. The molecule has 0 spiro atoms. The molecule has 1 aromatic heterocycles. The van der Waals surface area contributed by atoms with E-state index in [0.717, 1.165) is 18.4 Å². The zero-order chi connectivity index (χ0) is 18.1. The third kappa shape index (κ3) is 5.86. The highest BCUT2D eigenvalue weighted by Gasteiger charge is 2.10. The van der Waals surface area contributed by atoms with Crippen LogP contribution < -0.4 is 10.6 Å². The summed E-state index contributed by atoms with van der Waals surface area (Å²) in [5, 5.41) is 22.6. The molecule has 2 rings (SSSR count). The van der Waals surface area contributed by atoms with Crippen LogP contribution in [0.4, 0.5) is 10.5 Å². The minimum absolute atomic E-state index is 0.144. The molecule has 136 valence electrons. The van der Waals surface area contributed by atoms with Crippen molar-refractivity contribution in [3.8, 4) is 11.5 Å². The number of nitrogens with zero attached hydrogens (tertiary/aromatic N) is 2.